The molecule has 2 rings (SSSR count). The summed E-state index contributed by atoms with van der Waals surface area (Å²) in [6.07, 6.45) is 2.47. The molecule has 0 fully saturated rings. The maximum atomic E-state index is 11.9. The highest BCUT2D eigenvalue weighted by molar-refractivity contribution is 6.11. The molecule has 0 spiro atoms. The molecule has 0 radical (unpaired) electrons. The lowest BCUT2D eigenvalue weighted by Crippen LogP contribution is -1.98. The van der Waals surface area contributed by atoms with E-state index in [9.17, 15) is 9.59 Å². The van der Waals surface area contributed by atoms with E-state index in [2.05, 4.69) is 0 Å². The van der Waals surface area contributed by atoms with Crippen molar-refractivity contribution in [2.24, 2.45) is 0 Å². The van der Waals surface area contributed by atoms with Gasteiger partial charge in [0.15, 0.2) is 11.6 Å². The Labute approximate surface area is 116 Å². The van der Waals surface area contributed by atoms with Gasteiger partial charge in [0.2, 0.25) is 0 Å². The summed E-state index contributed by atoms with van der Waals surface area (Å²) in [7, 11) is 0. The van der Waals surface area contributed by atoms with Crippen molar-refractivity contribution in [3.63, 3.8) is 0 Å². The van der Waals surface area contributed by atoms with Crippen LogP contribution >= 0.6 is 0 Å². The molecule has 0 N–H and O–H groups in total. The van der Waals surface area contributed by atoms with Gasteiger partial charge in [-0.25, -0.2) is 0 Å². The molecular formula is C17H11NO2. The van der Waals surface area contributed by atoms with Crippen molar-refractivity contribution in [3.05, 3.63) is 83.4 Å². The van der Waals surface area contributed by atoms with Crippen LogP contribution in [0.4, 0.5) is 0 Å². The molecule has 0 saturated heterocycles. The largest absolute Gasteiger partial charge is 0.289 e. The third kappa shape index (κ3) is 3.27. The van der Waals surface area contributed by atoms with Crippen LogP contribution in [0.25, 0.3) is 0 Å². The second-order valence-electron chi connectivity index (χ2n) is 4.12. The van der Waals surface area contributed by atoms with Gasteiger partial charge in [0.1, 0.15) is 0 Å². The van der Waals surface area contributed by atoms with Crippen molar-refractivity contribution in [3.8, 4) is 6.07 Å². The topological polar surface area (TPSA) is 57.9 Å². The number of nitriles is 1. The van der Waals surface area contributed by atoms with Crippen molar-refractivity contribution < 1.29 is 9.59 Å². The summed E-state index contributed by atoms with van der Waals surface area (Å²) in [6, 6.07) is 17.1. The summed E-state index contributed by atoms with van der Waals surface area (Å²) in [6.45, 7) is 0. The number of nitrogens with zero attached hydrogens (tertiary/aromatic N) is 1. The number of benzene rings is 2. The Morgan fingerprint density at radius 1 is 0.850 bits per heavy atom. The Balaban J connectivity index is 2.13. The van der Waals surface area contributed by atoms with E-state index in [-0.39, 0.29) is 11.6 Å². The van der Waals surface area contributed by atoms with E-state index in [1.807, 2.05) is 12.1 Å². The van der Waals surface area contributed by atoms with Crippen LogP contribution in [0.2, 0.25) is 0 Å². The smallest absolute Gasteiger partial charge is 0.186 e. The molecule has 20 heavy (non-hydrogen) atoms. The van der Waals surface area contributed by atoms with Gasteiger partial charge < -0.3 is 0 Å². The van der Waals surface area contributed by atoms with E-state index in [0.29, 0.717) is 16.7 Å². The van der Waals surface area contributed by atoms with E-state index in [0.717, 1.165) is 0 Å². The first-order valence-electron chi connectivity index (χ1n) is 6.02. The zero-order valence-corrected chi connectivity index (χ0v) is 10.6. The second-order valence-corrected chi connectivity index (χ2v) is 4.12. The van der Waals surface area contributed by atoms with Crippen molar-refractivity contribution >= 4 is 11.6 Å². The van der Waals surface area contributed by atoms with Gasteiger partial charge in [-0.05, 0) is 24.3 Å². The summed E-state index contributed by atoms with van der Waals surface area (Å²) in [5.74, 6) is -0.526. The number of rotatable bonds is 4. The van der Waals surface area contributed by atoms with Crippen LogP contribution in [0.3, 0.4) is 0 Å². The Morgan fingerprint density at radius 2 is 1.45 bits per heavy atom. The van der Waals surface area contributed by atoms with Crippen LogP contribution in [0, 0.1) is 11.3 Å². The van der Waals surface area contributed by atoms with Gasteiger partial charge in [0.25, 0.3) is 0 Å². The highest BCUT2D eigenvalue weighted by atomic mass is 16.1. The minimum Gasteiger partial charge on any atom is -0.289 e. The van der Waals surface area contributed by atoms with Crippen molar-refractivity contribution in [2.45, 2.75) is 0 Å². The number of ketones is 2. The molecule has 0 saturated carbocycles. The van der Waals surface area contributed by atoms with Gasteiger partial charge in [-0.1, -0.05) is 42.5 Å². The average molecular weight is 261 g/mol. The molecule has 3 heteroatoms. The molecule has 2 aromatic carbocycles. The molecule has 0 aliphatic rings. The standard InChI is InChI=1S/C17H11NO2/c18-12-13-5-4-8-15(11-13)17(20)10-9-16(19)14-6-2-1-3-7-14/h1-11H. The zero-order chi connectivity index (χ0) is 14.4. The lowest BCUT2D eigenvalue weighted by atomic mass is 10.1. The molecule has 0 aliphatic carbocycles. The normalized spacial score (nSPS) is 10.2. The van der Waals surface area contributed by atoms with Crippen LogP contribution < -0.4 is 0 Å². The van der Waals surface area contributed by atoms with Crippen LogP contribution in [-0.4, -0.2) is 11.6 Å². The summed E-state index contributed by atoms with van der Waals surface area (Å²) >= 11 is 0. The average Bonchev–Trinajstić information content (AvgIpc) is 2.53. The van der Waals surface area contributed by atoms with Crippen molar-refractivity contribution in [2.75, 3.05) is 0 Å². The van der Waals surface area contributed by atoms with Crippen LogP contribution in [-0.2, 0) is 0 Å². The minimum atomic E-state index is -0.300. The van der Waals surface area contributed by atoms with Gasteiger partial charge in [-0.2, -0.15) is 5.26 Å². The maximum Gasteiger partial charge on any atom is 0.186 e. The Hall–Kier alpha value is -2.99. The van der Waals surface area contributed by atoms with E-state index in [1.165, 1.54) is 18.2 Å². The first-order valence-corrected chi connectivity index (χ1v) is 6.02. The van der Waals surface area contributed by atoms with Crippen LogP contribution in [0.15, 0.2) is 66.7 Å². The van der Waals surface area contributed by atoms with E-state index < -0.39 is 0 Å². The van der Waals surface area contributed by atoms with Crippen molar-refractivity contribution in [1.82, 2.24) is 0 Å². The number of hydrogen-bond donors (Lipinski definition) is 0. The number of hydrogen-bond acceptors (Lipinski definition) is 3. The SMILES string of the molecule is N#Cc1cccc(C(=O)C=CC(=O)c2ccccc2)c1. The van der Waals surface area contributed by atoms with Gasteiger partial charge in [0, 0.05) is 11.1 Å². The maximum absolute atomic E-state index is 11.9. The predicted octanol–water partition coefficient (Wildman–Crippen LogP) is 3.18. The molecule has 0 unspecified atom stereocenters. The van der Waals surface area contributed by atoms with Gasteiger partial charge in [0.05, 0.1) is 11.6 Å². The third-order valence-electron chi connectivity index (χ3n) is 2.72. The number of allylic oxidation sites excluding steroid dienone is 2. The Morgan fingerprint density at radius 3 is 2.10 bits per heavy atom. The molecule has 3 nitrogen and oxygen atoms in total. The van der Waals surface area contributed by atoms with Gasteiger partial charge >= 0.3 is 0 Å². The Kier molecular flexibility index (Phi) is 4.21. The summed E-state index contributed by atoms with van der Waals surface area (Å²) in [5.41, 5.74) is 1.34. The molecule has 0 atom stereocenters. The van der Waals surface area contributed by atoms with E-state index in [1.54, 1.807) is 42.5 Å². The fraction of sp³-hybridized carbons (Fsp3) is 0. The molecule has 2 aromatic rings. The number of carbonyl (C=O) groups is 2. The molecule has 0 aromatic heterocycles. The fourth-order valence-electron chi connectivity index (χ4n) is 1.69. The second kappa shape index (κ2) is 6.26. The quantitative estimate of drug-likeness (QED) is 0.627. The summed E-state index contributed by atoms with van der Waals surface area (Å²) in [5, 5.41) is 8.78. The molecule has 0 bridgehead atoms. The van der Waals surface area contributed by atoms with Crippen LogP contribution in [0.1, 0.15) is 26.3 Å². The fourth-order valence-corrected chi connectivity index (χ4v) is 1.69. The van der Waals surface area contributed by atoms with Crippen molar-refractivity contribution in [1.29, 1.82) is 5.26 Å². The van der Waals surface area contributed by atoms with E-state index in [4.69, 9.17) is 5.26 Å². The van der Waals surface area contributed by atoms with Gasteiger partial charge in [-0.3, -0.25) is 9.59 Å². The summed E-state index contributed by atoms with van der Waals surface area (Å²) in [4.78, 5) is 23.7. The molecule has 0 aliphatic heterocycles. The van der Waals surface area contributed by atoms with Gasteiger partial charge in [-0.15, -0.1) is 0 Å². The molecule has 96 valence electrons. The van der Waals surface area contributed by atoms with E-state index >= 15 is 0 Å². The molecule has 0 amide bonds. The monoisotopic (exact) mass is 261 g/mol. The first kappa shape index (κ1) is 13.4. The third-order valence-corrected chi connectivity index (χ3v) is 2.72. The predicted molar refractivity (Wildman–Crippen MR) is 75.4 cm³/mol. The highest BCUT2D eigenvalue weighted by Gasteiger charge is 2.05. The number of carbonyl (C=O) groups excluding carboxylic acids is 2. The lowest BCUT2D eigenvalue weighted by Gasteiger charge is -1.96. The highest BCUT2D eigenvalue weighted by Crippen LogP contribution is 2.07. The first-order chi connectivity index (χ1) is 9.70. The summed E-state index contributed by atoms with van der Waals surface area (Å²) < 4.78 is 0. The molecular weight excluding hydrogens is 250 g/mol. The minimum absolute atomic E-state index is 0.226. The zero-order valence-electron chi connectivity index (χ0n) is 10.6. The molecule has 0 heterocycles. The Bertz CT molecular complexity index is 709. The van der Waals surface area contributed by atoms with Crippen LogP contribution in [0.5, 0.6) is 0 Å². The lowest BCUT2D eigenvalue weighted by molar-refractivity contribution is 0.102.